The van der Waals surface area contributed by atoms with Crippen LogP contribution in [0.25, 0.3) is 11.5 Å². The summed E-state index contributed by atoms with van der Waals surface area (Å²) in [7, 11) is 0. The molecule has 0 bridgehead atoms. The lowest BCUT2D eigenvalue weighted by atomic mass is 10.1. The van der Waals surface area contributed by atoms with E-state index in [0.29, 0.717) is 31.9 Å². The van der Waals surface area contributed by atoms with Gasteiger partial charge in [0.05, 0.1) is 18.9 Å². The van der Waals surface area contributed by atoms with E-state index in [0.717, 1.165) is 28.3 Å². The summed E-state index contributed by atoms with van der Waals surface area (Å²) < 4.78 is 16.4. The summed E-state index contributed by atoms with van der Waals surface area (Å²) in [5.74, 6) is 6.99. The van der Waals surface area contributed by atoms with E-state index in [2.05, 4.69) is 16.8 Å². The molecule has 3 rings (SSSR count). The number of hydrogen-bond donors (Lipinski definition) is 0. The number of oxazole rings is 1. The lowest BCUT2D eigenvalue weighted by molar-refractivity contribution is -0.136. The maximum absolute atomic E-state index is 11.2. The van der Waals surface area contributed by atoms with Crippen LogP contribution in [0.1, 0.15) is 23.9 Å². The van der Waals surface area contributed by atoms with E-state index in [1.165, 1.54) is 0 Å². The van der Waals surface area contributed by atoms with Gasteiger partial charge in [0.1, 0.15) is 11.5 Å². The number of benzene rings is 2. The molecular weight excluding hydrogens is 366 g/mol. The van der Waals surface area contributed by atoms with Crippen LogP contribution in [0.3, 0.4) is 0 Å². The largest absolute Gasteiger partial charge is 0.493 e. The Morgan fingerprint density at radius 2 is 1.86 bits per heavy atom. The highest BCUT2D eigenvalue weighted by atomic mass is 16.5. The molecule has 2 aromatic carbocycles. The molecule has 0 radical (unpaired) electrons. The molecule has 0 aliphatic rings. The number of aromatic nitrogens is 1. The predicted octanol–water partition coefficient (Wildman–Crippen LogP) is 4.38. The number of carbonyl (C=O) groups is 1. The second-order valence-corrected chi connectivity index (χ2v) is 6.33. The molecule has 148 valence electrons. The maximum Gasteiger partial charge on any atom is 0.384 e. The SMILES string of the molecule is CCOC(=O)C#CCc1ccc(OCCc2nc(-c3ccccc3)oc2C)cc1. The van der Waals surface area contributed by atoms with Crippen LogP contribution in [-0.2, 0) is 22.4 Å². The number of carbonyl (C=O) groups excluding carboxylic acids is 1. The van der Waals surface area contributed by atoms with Gasteiger partial charge in [-0.1, -0.05) is 36.3 Å². The van der Waals surface area contributed by atoms with Crippen molar-refractivity contribution >= 4 is 5.97 Å². The van der Waals surface area contributed by atoms with Gasteiger partial charge >= 0.3 is 5.97 Å². The number of nitrogens with zero attached hydrogens (tertiary/aromatic N) is 1. The lowest BCUT2D eigenvalue weighted by Crippen LogP contribution is -2.02. The number of rotatable bonds is 7. The van der Waals surface area contributed by atoms with Gasteiger partial charge in [-0.3, -0.25) is 0 Å². The first-order valence-electron chi connectivity index (χ1n) is 9.55. The Balaban J connectivity index is 1.50. The molecule has 1 aromatic heterocycles. The Bertz CT molecular complexity index is 995. The number of esters is 1. The molecular formula is C24H23NO4. The van der Waals surface area contributed by atoms with E-state index in [9.17, 15) is 4.79 Å². The Morgan fingerprint density at radius 1 is 1.10 bits per heavy atom. The van der Waals surface area contributed by atoms with E-state index >= 15 is 0 Å². The van der Waals surface area contributed by atoms with Gasteiger partial charge in [0.25, 0.3) is 0 Å². The zero-order valence-corrected chi connectivity index (χ0v) is 16.6. The van der Waals surface area contributed by atoms with Gasteiger partial charge in [-0.2, -0.15) is 0 Å². The van der Waals surface area contributed by atoms with E-state index in [1.807, 2.05) is 61.5 Å². The quantitative estimate of drug-likeness (QED) is 0.341. The minimum Gasteiger partial charge on any atom is -0.493 e. The van der Waals surface area contributed by atoms with Gasteiger partial charge in [-0.15, -0.1) is 0 Å². The fourth-order valence-corrected chi connectivity index (χ4v) is 2.72. The standard InChI is InChI=1S/C24H23NO4/c1-3-27-23(26)11-7-8-19-12-14-21(15-13-19)28-17-16-22-18(2)29-24(25-22)20-9-5-4-6-10-20/h4-6,9-10,12-15H,3,8,16-17H2,1-2H3. The molecule has 5 nitrogen and oxygen atoms in total. The lowest BCUT2D eigenvalue weighted by Gasteiger charge is -2.05. The highest BCUT2D eigenvalue weighted by Gasteiger charge is 2.11. The fourth-order valence-electron chi connectivity index (χ4n) is 2.72. The van der Waals surface area contributed by atoms with E-state index < -0.39 is 5.97 Å². The summed E-state index contributed by atoms with van der Waals surface area (Å²) in [6, 6.07) is 17.5. The molecule has 3 aromatic rings. The molecule has 0 unspecified atom stereocenters. The Kier molecular flexibility index (Phi) is 7.07. The van der Waals surface area contributed by atoms with Crippen LogP contribution in [0, 0.1) is 18.8 Å². The zero-order chi connectivity index (χ0) is 20.5. The van der Waals surface area contributed by atoms with Crippen molar-refractivity contribution in [3.8, 4) is 29.0 Å². The van der Waals surface area contributed by atoms with E-state index in [4.69, 9.17) is 13.9 Å². The molecule has 0 spiro atoms. The van der Waals surface area contributed by atoms with E-state index in [-0.39, 0.29) is 0 Å². The van der Waals surface area contributed by atoms with Gasteiger partial charge in [-0.25, -0.2) is 9.78 Å². The van der Waals surface area contributed by atoms with Crippen LogP contribution < -0.4 is 4.74 Å². The average Bonchev–Trinajstić information content (AvgIpc) is 3.11. The van der Waals surface area contributed by atoms with Crippen molar-refractivity contribution in [3.05, 3.63) is 71.6 Å². The first-order valence-corrected chi connectivity index (χ1v) is 9.55. The third kappa shape index (κ3) is 5.98. The minimum atomic E-state index is -0.494. The van der Waals surface area contributed by atoms with Crippen LogP contribution in [0.15, 0.2) is 59.0 Å². The second kappa shape index (κ2) is 10.1. The molecule has 0 fully saturated rings. The van der Waals surface area contributed by atoms with Crippen LogP contribution in [0.2, 0.25) is 0 Å². The smallest absolute Gasteiger partial charge is 0.384 e. The highest BCUT2D eigenvalue weighted by molar-refractivity contribution is 5.88. The molecule has 0 aliphatic heterocycles. The fraction of sp³-hybridized carbons (Fsp3) is 0.250. The summed E-state index contributed by atoms with van der Waals surface area (Å²) in [5, 5.41) is 0. The minimum absolute atomic E-state index is 0.334. The Hall–Kier alpha value is -3.52. The normalized spacial score (nSPS) is 10.1. The van der Waals surface area contributed by atoms with Gasteiger partial charge < -0.3 is 13.9 Å². The van der Waals surface area contributed by atoms with Gasteiger partial charge in [0.15, 0.2) is 0 Å². The topological polar surface area (TPSA) is 61.6 Å². The molecule has 0 aliphatic carbocycles. The predicted molar refractivity (Wildman–Crippen MR) is 110 cm³/mol. The van der Waals surface area contributed by atoms with Crippen molar-refractivity contribution in [3.63, 3.8) is 0 Å². The van der Waals surface area contributed by atoms with Crippen molar-refractivity contribution in [1.29, 1.82) is 0 Å². The van der Waals surface area contributed by atoms with Gasteiger partial charge in [-0.05, 0) is 43.7 Å². The molecule has 0 saturated heterocycles. The molecule has 5 heteroatoms. The first kappa shape index (κ1) is 20.2. The second-order valence-electron chi connectivity index (χ2n) is 6.33. The highest BCUT2D eigenvalue weighted by Crippen LogP contribution is 2.22. The van der Waals surface area contributed by atoms with Crippen LogP contribution in [0.4, 0.5) is 0 Å². The molecule has 0 amide bonds. The first-order chi connectivity index (χ1) is 14.2. The van der Waals surface area contributed by atoms with Crippen molar-refractivity contribution in [2.75, 3.05) is 13.2 Å². The third-order valence-electron chi connectivity index (χ3n) is 4.20. The van der Waals surface area contributed by atoms with E-state index in [1.54, 1.807) is 6.92 Å². The van der Waals surface area contributed by atoms with Crippen molar-refractivity contribution in [2.24, 2.45) is 0 Å². The number of ether oxygens (including phenoxy) is 2. The van der Waals surface area contributed by atoms with Crippen molar-refractivity contribution in [1.82, 2.24) is 4.98 Å². The molecule has 0 atom stereocenters. The molecule has 0 saturated carbocycles. The van der Waals surface area contributed by atoms with Crippen LogP contribution >= 0.6 is 0 Å². The Labute approximate surface area is 170 Å². The molecule has 29 heavy (non-hydrogen) atoms. The van der Waals surface area contributed by atoms with Gasteiger partial charge in [0, 0.05) is 24.3 Å². The number of hydrogen-bond acceptors (Lipinski definition) is 5. The number of aryl methyl sites for hydroxylation is 1. The average molecular weight is 389 g/mol. The molecule has 1 heterocycles. The van der Waals surface area contributed by atoms with Crippen molar-refractivity contribution in [2.45, 2.75) is 26.7 Å². The van der Waals surface area contributed by atoms with Crippen LogP contribution in [0.5, 0.6) is 5.75 Å². The summed E-state index contributed by atoms with van der Waals surface area (Å²) >= 11 is 0. The summed E-state index contributed by atoms with van der Waals surface area (Å²) in [4.78, 5) is 15.8. The molecule has 0 N–H and O–H groups in total. The zero-order valence-electron chi connectivity index (χ0n) is 16.6. The van der Waals surface area contributed by atoms with Crippen LogP contribution in [-0.4, -0.2) is 24.2 Å². The summed E-state index contributed by atoms with van der Waals surface area (Å²) in [5.41, 5.74) is 2.87. The summed E-state index contributed by atoms with van der Waals surface area (Å²) in [6.45, 7) is 4.51. The maximum atomic E-state index is 11.2. The third-order valence-corrected chi connectivity index (χ3v) is 4.20. The van der Waals surface area contributed by atoms with Gasteiger partial charge in [0.2, 0.25) is 5.89 Å². The monoisotopic (exact) mass is 389 g/mol. The Morgan fingerprint density at radius 3 is 2.59 bits per heavy atom. The van der Waals surface area contributed by atoms with Crippen molar-refractivity contribution < 1.29 is 18.7 Å². The summed E-state index contributed by atoms with van der Waals surface area (Å²) in [6.07, 6.45) is 1.15.